The number of hydrogen-bond acceptors (Lipinski definition) is 2. The highest BCUT2D eigenvalue weighted by Crippen LogP contribution is 2.05. The van der Waals surface area contributed by atoms with Crippen molar-refractivity contribution in [1.82, 2.24) is 0 Å². The molecule has 0 aliphatic rings. The minimum atomic E-state index is 0.413. The van der Waals surface area contributed by atoms with E-state index in [1.165, 1.54) is 0 Å². The van der Waals surface area contributed by atoms with E-state index in [4.69, 9.17) is 4.84 Å². The molecule has 3 aromatic rings. The van der Waals surface area contributed by atoms with Gasteiger partial charge in [-0.1, -0.05) is 114 Å². The fourth-order valence-corrected chi connectivity index (χ4v) is 2.51. The maximum absolute atomic E-state index is 5.49. The summed E-state index contributed by atoms with van der Waals surface area (Å²) in [6.07, 6.45) is 11.9. The van der Waals surface area contributed by atoms with Gasteiger partial charge in [0, 0.05) is 0 Å². The summed E-state index contributed by atoms with van der Waals surface area (Å²) in [5.74, 6) is 0. The molecule has 0 amide bonds. The molecule has 0 fully saturated rings. The average Bonchev–Trinajstić information content (AvgIpc) is 2.77. The van der Waals surface area contributed by atoms with E-state index in [0.29, 0.717) is 6.61 Å². The Bertz CT molecular complexity index is 888. The molecule has 0 heterocycles. The molecule has 0 N–H and O–H groups in total. The molecule has 138 valence electrons. The first-order chi connectivity index (χ1) is 13.9. The average molecular weight is 365 g/mol. The van der Waals surface area contributed by atoms with Gasteiger partial charge in [0.15, 0.2) is 0 Å². The Balaban J connectivity index is 1.66. The predicted octanol–water partition coefficient (Wildman–Crippen LogP) is 6.50. The molecule has 0 radical (unpaired) electrons. The SMILES string of the molecule is C(=Cc1ccccc1)CON=C(/C=C/c1ccccc1)/C=C/c1ccccc1. The lowest BCUT2D eigenvalue weighted by atomic mass is 10.1. The maximum atomic E-state index is 5.49. The highest BCUT2D eigenvalue weighted by atomic mass is 16.6. The fourth-order valence-electron chi connectivity index (χ4n) is 2.51. The number of allylic oxidation sites excluding steroid dienone is 2. The first-order valence-corrected chi connectivity index (χ1v) is 9.28. The second-order valence-corrected chi connectivity index (χ2v) is 6.11. The van der Waals surface area contributed by atoms with Crippen LogP contribution < -0.4 is 0 Å². The van der Waals surface area contributed by atoms with Crippen LogP contribution in [0, 0.1) is 0 Å². The lowest BCUT2D eigenvalue weighted by Crippen LogP contribution is -1.92. The van der Waals surface area contributed by atoms with Crippen LogP contribution in [0.5, 0.6) is 0 Å². The molecule has 3 aromatic carbocycles. The quantitative estimate of drug-likeness (QED) is 0.254. The third-order valence-corrected chi connectivity index (χ3v) is 3.94. The molecule has 0 unspecified atom stereocenters. The van der Waals surface area contributed by atoms with E-state index in [9.17, 15) is 0 Å². The van der Waals surface area contributed by atoms with Crippen molar-refractivity contribution >= 4 is 23.9 Å². The summed E-state index contributed by atoms with van der Waals surface area (Å²) in [5.41, 5.74) is 4.13. The van der Waals surface area contributed by atoms with Gasteiger partial charge in [-0.3, -0.25) is 0 Å². The van der Waals surface area contributed by atoms with Crippen molar-refractivity contribution in [3.63, 3.8) is 0 Å². The Morgan fingerprint density at radius 3 is 1.50 bits per heavy atom. The normalized spacial score (nSPS) is 11.3. The zero-order chi connectivity index (χ0) is 19.3. The van der Waals surface area contributed by atoms with Crippen molar-refractivity contribution in [2.75, 3.05) is 6.61 Å². The maximum Gasteiger partial charge on any atom is 0.135 e. The Hall–Kier alpha value is -3.65. The summed E-state index contributed by atoms with van der Waals surface area (Å²) in [7, 11) is 0. The highest BCUT2D eigenvalue weighted by molar-refractivity contribution is 6.08. The summed E-state index contributed by atoms with van der Waals surface area (Å²) in [5, 5.41) is 4.28. The first kappa shape index (κ1) is 19.1. The van der Waals surface area contributed by atoms with Crippen LogP contribution in [0.3, 0.4) is 0 Å². The second kappa shape index (κ2) is 11.1. The van der Waals surface area contributed by atoms with E-state index < -0.39 is 0 Å². The Kier molecular flexibility index (Phi) is 7.61. The molecule has 2 heteroatoms. The van der Waals surface area contributed by atoms with E-state index in [-0.39, 0.29) is 0 Å². The number of nitrogens with zero attached hydrogens (tertiary/aromatic N) is 1. The van der Waals surface area contributed by atoms with Crippen molar-refractivity contribution in [3.05, 3.63) is 126 Å². The molecule has 3 rings (SSSR count). The zero-order valence-corrected chi connectivity index (χ0v) is 15.7. The molecule has 0 saturated heterocycles. The monoisotopic (exact) mass is 365 g/mol. The molecule has 0 bridgehead atoms. The fraction of sp³-hybridized carbons (Fsp3) is 0.0385. The van der Waals surface area contributed by atoms with Gasteiger partial charge in [-0.25, -0.2) is 0 Å². The number of rotatable bonds is 8. The van der Waals surface area contributed by atoms with Gasteiger partial charge >= 0.3 is 0 Å². The Labute approximate surface area is 166 Å². The van der Waals surface area contributed by atoms with E-state index in [1.807, 2.05) is 91.1 Å². The smallest absolute Gasteiger partial charge is 0.135 e. The van der Waals surface area contributed by atoms with Gasteiger partial charge in [0.2, 0.25) is 0 Å². The van der Waals surface area contributed by atoms with Crippen molar-refractivity contribution in [3.8, 4) is 0 Å². The molecule has 0 aliphatic carbocycles. The van der Waals surface area contributed by atoms with E-state index in [1.54, 1.807) is 0 Å². The van der Waals surface area contributed by atoms with Crippen molar-refractivity contribution < 1.29 is 4.84 Å². The van der Waals surface area contributed by atoms with Gasteiger partial charge < -0.3 is 4.84 Å². The summed E-state index contributed by atoms with van der Waals surface area (Å²) >= 11 is 0. The van der Waals surface area contributed by atoms with Crippen LogP contribution in [0.4, 0.5) is 0 Å². The summed E-state index contributed by atoms with van der Waals surface area (Å²) < 4.78 is 0. The molecule has 0 aliphatic heterocycles. The standard InChI is InChI=1S/C26H23NO/c1-4-11-23(12-5-1)17-10-22-28-27-26(20-18-24-13-6-2-7-14-24)21-19-25-15-8-3-9-16-25/h1-21H,22H2/b17-10?,20-18+,21-19+. The molecular formula is C26H23NO. The van der Waals surface area contributed by atoms with E-state index in [2.05, 4.69) is 41.6 Å². The minimum absolute atomic E-state index is 0.413. The van der Waals surface area contributed by atoms with Crippen LogP contribution in [0.25, 0.3) is 18.2 Å². The summed E-state index contributed by atoms with van der Waals surface area (Å²) in [4.78, 5) is 5.49. The van der Waals surface area contributed by atoms with Gasteiger partial charge in [0.25, 0.3) is 0 Å². The lowest BCUT2D eigenvalue weighted by Gasteiger charge is -1.98. The Morgan fingerprint density at radius 2 is 1.04 bits per heavy atom. The van der Waals surface area contributed by atoms with Crippen LogP contribution >= 0.6 is 0 Å². The largest absolute Gasteiger partial charge is 0.391 e. The third kappa shape index (κ3) is 6.93. The molecule has 0 saturated carbocycles. The van der Waals surface area contributed by atoms with Gasteiger partial charge in [0.05, 0.1) is 0 Å². The topological polar surface area (TPSA) is 21.6 Å². The minimum Gasteiger partial charge on any atom is -0.391 e. The number of benzene rings is 3. The van der Waals surface area contributed by atoms with E-state index in [0.717, 1.165) is 22.4 Å². The number of hydrogen-bond donors (Lipinski definition) is 0. The summed E-state index contributed by atoms with van der Waals surface area (Å²) in [6.45, 7) is 0.413. The van der Waals surface area contributed by atoms with Crippen molar-refractivity contribution in [2.24, 2.45) is 5.16 Å². The molecule has 2 nitrogen and oxygen atoms in total. The molecule has 28 heavy (non-hydrogen) atoms. The van der Waals surface area contributed by atoms with Crippen molar-refractivity contribution in [1.29, 1.82) is 0 Å². The lowest BCUT2D eigenvalue weighted by molar-refractivity contribution is 0.176. The van der Waals surface area contributed by atoms with Crippen LogP contribution in [-0.4, -0.2) is 12.3 Å². The number of oxime groups is 1. The second-order valence-electron chi connectivity index (χ2n) is 6.11. The van der Waals surface area contributed by atoms with Crippen molar-refractivity contribution in [2.45, 2.75) is 0 Å². The molecule has 0 aromatic heterocycles. The van der Waals surface area contributed by atoms with Gasteiger partial charge in [-0.05, 0) is 34.9 Å². The van der Waals surface area contributed by atoms with Crippen LogP contribution in [0.1, 0.15) is 16.7 Å². The third-order valence-electron chi connectivity index (χ3n) is 3.94. The first-order valence-electron chi connectivity index (χ1n) is 9.28. The zero-order valence-electron chi connectivity index (χ0n) is 15.7. The van der Waals surface area contributed by atoms with Crippen LogP contribution in [-0.2, 0) is 4.84 Å². The summed E-state index contributed by atoms with van der Waals surface area (Å²) in [6, 6.07) is 30.4. The van der Waals surface area contributed by atoms with E-state index >= 15 is 0 Å². The molecular weight excluding hydrogens is 342 g/mol. The van der Waals surface area contributed by atoms with Gasteiger partial charge in [0.1, 0.15) is 12.3 Å². The van der Waals surface area contributed by atoms with Crippen LogP contribution in [0.2, 0.25) is 0 Å². The predicted molar refractivity (Wildman–Crippen MR) is 120 cm³/mol. The van der Waals surface area contributed by atoms with Gasteiger partial charge in [-0.15, -0.1) is 0 Å². The van der Waals surface area contributed by atoms with Crippen LogP contribution in [0.15, 0.2) is 114 Å². The Morgan fingerprint density at radius 1 is 0.607 bits per heavy atom. The molecule has 0 atom stereocenters. The molecule has 0 spiro atoms. The highest BCUT2D eigenvalue weighted by Gasteiger charge is 1.92. The van der Waals surface area contributed by atoms with Gasteiger partial charge in [-0.2, -0.15) is 0 Å².